The number of thiophene rings is 1. The van der Waals surface area contributed by atoms with Crippen molar-refractivity contribution in [2.24, 2.45) is 0 Å². The molecular formula is C53H33N3S. The molecule has 11 rings (SSSR count). The summed E-state index contributed by atoms with van der Waals surface area (Å²) in [5, 5.41) is 7.16. The summed E-state index contributed by atoms with van der Waals surface area (Å²) in [5.74, 6) is 1.95. The normalized spacial score (nSPS) is 11.5. The second-order valence-electron chi connectivity index (χ2n) is 14.3. The number of nitrogens with zero attached hydrogens (tertiary/aromatic N) is 3. The molecule has 0 spiro atoms. The SMILES string of the molecule is c1ccc(-c2cccc(-c3ccc(-c4nc(-c5ccc(-c6cccc7ccccc67)c6ccccc56)nc(-c5cccc6c5sc5ccccc56)n4)cc3)c2)cc1. The molecule has 0 aliphatic carbocycles. The first-order valence-electron chi connectivity index (χ1n) is 19.2. The second kappa shape index (κ2) is 13.8. The molecular weight excluding hydrogens is 711 g/mol. The molecule has 0 radical (unpaired) electrons. The van der Waals surface area contributed by atoms with Crippen molar-refractivity contribution in [3.63, 3.8) is 0 Å². The molecule has 0 saturated heterocycles. The molecule has 0 N–H and O–H groups in total. The molecule has 0 aliphatic heterocycles. The van der Waals surface area contributed by atoms with E-state index in [0.717, 1.165) is 38.6 Å². The van der Waals surface area contributed by atoms with E-state index in [1.807, 2.05) is 0 Å². The molecule has 0 saturated carbocycles. The maximum Gasteiger partial charge on any atom is 0.165 e. The third kappa shape index (κ3) is 5.86. The highest BCUT2D eigenvalue weighted by Gasteiger charge is 2.19. The lowest BCUT2D eigenvalue weighted by Crippen LogP contribution is -2.01. The maximum atomic E-state index is 5.31. The van der Waals surface area contributed by atoms with Gasteiger partial charge in [-0.3, -0.25) is 0 Å². The highest BCUT2D eigenvalue weighted by Crippen LogP contribution is 2.41. The molecule has 2 aromatic heterocycles. The van der Waals surface area contributed by atoms with E-state index in [4.69, 9.17) is 15.0 Å². The lowest BCUT2D eigenvalue weighted by Gasteiger charge is -2.14. The molecule has 2 heterocycles. The minimum absolute atomic E-state index is 0.639. The predicted molar refractivity (Wildman–Crippen MR) is 240 cm³/mol. The summed E-state index contributed by atoms with van der Waals surface area (Å²) in [6, 6.07) is 71.0. The van der Waals surface area contributed by atoms with E-state index in [1.54, 1.807) is 11.3 Å². The van der Waals surface area contributed by atoms with Gasteiger partial charge in [0.05, 0.1) is 0 Å². The zero-order valence-electron chi connectivity index (χ0n) is 30.8. The molecule has 57 heavy (non-hydrogen) atoms. The predicted octanol–water partition coefficient (Wildman–Crippen LogP) is 14.5. The Bertz CT molecular complexity index is 3290. The van der Waals surface area contributed by atoms with Gasteiger partial charge in [-0.15, -0.1) is 11.3 Å². The number of rotatable bonds is 6. The number of aromatic nitrogens is 3. The molecule has 11 aromatic rings. The Morgan fingerprint density at radius 2 is 0.772 bits per heavy atom. The molecule has 0 atom stereocenters. The van der Waals surface area contributed by atoms with E-state index in [-0.39, 0.29) is 0 Å². The fourth-order valence-electron chi connectivity index (χ4n) is 8.18. The Morgan fingerprint density at radius 3 is 1.58 bits per heavy atom. The number of hydrogen-bond donors (Lipinski definition) is 0. The van der Waals surface area contributed by atoms with Crippen LogP contribution in [0.1, 0.15) is 0 Å². The summed E-state index contributed by atoms with van der Waals surface area (Å²) in [7, 11) is 0. The van der Waals surface area contributed by atoms with Crippen LogP contribution in [0.3, 0.4) is 0 Å². The molecule has 0 fully saturated rings. The van der Waals surface area contributed by atoms with Crippen molar-refractivity contribution < 1.29 is 0 Å². The monoisotopic (exact) mass is 743 g/mol. The van der Waals surface area contributed by atoms with Crippen LogP contribution in [0.15, 0.2) is 200 Å². The molecule has 0 bridgehead atoms. The first-order chi connectivity index (χ1) is 28.2. The Labute approximate surface area is 334 Å². The van der Waals surface area contributed by atoms with Gasteiger partial charge in [0.1, 0.15) is 0 Å². The van der Waals surface area contributed by atoms with Crippen LogP contribution in [0.4, 0.5) is 0 Å². The van der Waals surface area contributed by atoms with E-state index in [0.29, 0.717) is 17.5 Å². The lowest BCUT2D eigenvalue weighted by atomic mass is 9.92. The Kier molecular flexibility index (Phi) is 8.01. The van der Waals surface area contributed by atoms with Crippen molar-refractivity contribution in [3.05, 3.63) is 200 Å². The summed E-state index contributed by atoms with van der Waals surface area (Å²) < 4.78 is 2.42. The summed E-state index contributed by atoms with van der Waals surface area (Å²) >= 11 is 1.79. The molecule has 0 aliphatic rings. The largest absolute Gasteiger partial charge is 0.208 e. The van der Waals surface area contributed by atoms with Crippen LogP contribution >= 0.6 is 11.3 Å². The molecule has 0 amide bonds. The molecule has 4 heteroatoms. The fraction of sp³-hybridized carbons (Fsp3) is 0. The van der Waals surface area contributed by atoms with E-state index < -0.39 is 0 Å². The van der Waals surface area contributed by atoms with Crippen molar-refractivity contribution in [1.82, 2.24) is 15.0 Å². The fourth-order valence-corrected chi connectivity index (χ4v) is 9.39. The van der Waals surface area contributed by atoms with Crippen LogP contribution in [0.25, 0.3) is 109 Å². The van der Waals surface area contributed by atoms with E-state index in [1.165, 1.54) is 53.2 Å². The summed E-state index contributed by atoms with van der Waals surface area (Å²) in [6.07, 6.45) is 0. The summed E-state index contributed by atoms with van der Waals surface area (Å²) in [6.45, 7) is 0. The smallest absolute Gasteiger partial charge is 0.165 e. The van der Waals surface area contributed by atoms with Gasteiger partial charge in [0.25, 0.3) is 0 Å². The zero-order valence-corrected chi connectivity index (χ0v) is 31.6. The minimum Gasteiger partial charge on any atom is -0.208 e. The average Bonchev–Trinajstić information content (AvgIpc) is 3.68. The van der Waals surface area contributed by atoms with E-state index >= 15 is 0 Å². The van der Waals surface area contributed by atoms with Gasteiger partial charge in [-0.25, -0.2) is 15.0 Å². The van der Waals surface area contributed by atoms with Crippen LogP contribution < -0.4 is 0 Å². The highest BCUT2D eigenvalue weighted by molar-refractivity contribution is 7.26. The molecule has 3 nitrogen and oxygen atoms in total. The molecule has 9 aromatic carbocycles. The van der Waals surface area contributed by atoms with Gasteiger partial charge in [-0.1, -0.05) is 176 Å². The van der Waals surface area contributed by atoms with Gasteiger partial charge in [0.15, 0.2) is 17.5 Å². The number of fused-ring (bicyclic) bond motifs is 5. The van der Waals surface area contributed by atoms with Gasteiger partial charge < -0.3 is 0 Å². The van der Waals surface area contributed by atoms with E-state index in [2.05, 4.69) is 200 Å². The summed E-state index contributed by atoms with van der Waals surface area (Å²) in [5.41, 5.74) is 9.99. The zero-order chi connectivity index (χ0) is 37.7. The first-order valence-corrected chi connectivity index (χ1v) is 20.0. The van der Waals surface area contributed by atoms with Gasteiger partial charge in [0, 0.05) is 36.9 Å². The topological polar surface area (TPSA) is 38.7 Å². The average molecular weight is 744 g/mol. The number of hydrogen-bond acceptors (Lipinski definition) is 4. The van der Waals surface area contributed by atoms with Crippen LogP contribution in [0, 0.1) is 0 Å². The van der Waals surface area contributed by atoms with Crippen molar-refractivity contribution in [2.45, 2.75) is 0 Å². The van der Waals surface area contributed by atoms with Crippen molar-refractivity contribution in [2.75, 3.05) is 0 Å². The molecule has 0 unspecified atom stereocenters. The number of benzene rings is 9. The minimum atomic E-state index is 0.639. The van der Waals surface area contributed by atoms with Crippen LogP contribution in [0.5, 0.6) is 0 Å². The lowest BCUT2D eigenvalue weighted by molar-refractivity contribution is 1.08. The highest BCUT2D eigenvalue weighted by atomic mass is 32.1. The molecule has 266 valence electrons. The van der Waals surface area contributed by atoms with Crippen molar-refractivity contribution in [1.29, 1.82) is 0 Å². The Balaban J connectivity index is 1.08. The van der Waals surface area contributed by atoms with Crippen LogP contribution in [-0.4, -0.2) is 15.0 Å². The first kappa shape index (κ1) is 33.1. The van der Waals surface area contributed by atoms with Crippen LogP contribution in [0.2, 0.25) is 0 Å². The van der Waals surface area contributed by atoms with Crippen molar-refractivity contribution >= 4 is 53.1 Å². The van der Waals surface area contributed by atoms with Crippen LogP contribution in [-0.2, 0) is 0 Å². The Hall–Kier alpha value is -7.27. The van der Waals surface area contributed by atoms with E-state index in [9.17, 15) is 0 Å². The Morgan fingerprint density at radius 1 is 0.281 bits per heavy atom. The third-order valence-electron chi connectivity index (χ3n) is 11.0. The van der Waals surface area contributed by atoms with Gasteiger partial charge in [-0.2, -0.15) is 0 Å². The standard InChI is InChI=1S/C53H33N3S/c1-2-13-34(14-3-1)38-17-10-18-39(33-38)35-27-29-37(30-28-35)51-54-52(56-53(55-51)48-25-12-24-46-45-22-8-9-26-49(45)57-50(46)48)47-32-31-44(42-20-6-7-21-43(42)47)41-23-11-16-36-15-4-5-19-40(36)41/h1-33H. The summed E-state index contributed by atoms with van der Waals surface area (Å²) in [4.78, 5) is 15.8. The van der Waals surface area contributed by atoms with Crippen molar-refractivity contribution in [3.8, 4) is 67.5 Å². The quantitative estimate of drug-likeness (QED) is 0.170. The van der Waals surface area contributed by atoms with Gasteiger partial charge >= 0.3 is 0 Å². The third-order valence-corrected chi connectivity index (χ3v) is 12.2. The second-order valence-corrected chi connectivity index (χ2v) is 15.4. The maximum absolute atomic E-state index is 5.31. The van der Waals surface area contributed by atoms with Gasteiger partial charge in [-0.05, 0) is 79.2 Å². The van der Waals surface area contributed by atoms with Gasteiger partial charge in [0.2, 0.25) is 0 Å².